The van der Waals surface area contributed by atoms with Gasteiger partial charge in [-0.2, -0.15) is 5.10 Å². The van der Waals surface area contributed by atoms with Crippen LogP contribution in [0.25, 0.3) is 0 Å². The number of phenolic OH excluding ortho intramolecular Hbond substituents is 1. The summed E-state index contributed by atoms with van der Waals surface area (Å²) >= 11 is 6.60. The Balaban J connectivity index is 1.68. The van der Waals surface area contributed by atoms with Crippen LogP contribution in [0.15, 0.2) is 44.4 Å². The first-order valence-corrected chi connectivity index (χ1v) is 9.06. The number of rotatable bonds is 4. The summed E-state index contributed by atoms with van der Waals surface area (Å²) < 4.78 is 17.2. The summed E-state index contributed by atoms with van der Waals surface area (Å²) in [5.74, 6) is 0.917. The Morgan fingerprint density at radius 3 is 2.81 bits per heavy atom. The maximum atomic E-state index is 12.2. The number of para-hydroxylation sites is 2. The van der Waals surface area contributed by atoms with E-state index in [1.165, 1.54) is 13.3 Å². The molecule has 26 heavy (non-hydrogen) atoms. The summed E-state index contributed by atoms with van der Waals surface area (Å²) in [4.78, 5) is 12.2. The standard InChI is InChI=1S/C17H14Br2N2O5/c1-24-12-6-9(14(18)15(19)16(12)22)7-20-21-17(23)13-8-25-10-4-2-3-5-11(10)26-13/h2-7,13,22H,8H2,1H3,(H,21,23)/b20-7+/t13-/m0/s1. The highest BCUT2D eigenvalue weighted by Gasteiger charge is 2.27. The third-order valence-corrected chi connectivity index (χ3v) is 5.73. The fourth-order valence-electron chi connectivity index (χ4n) is 2.25. The first kappa shape index (κ1) is 18.5. The summed E-state index contributed by atoms with van der Waals surface area (Å²) in [5, 5.41) is 13.9. The van der Waals surface area contributed by atoms with Crippen LogP contribution in [0.1, 0.15) is 5.56 Å². The molecule has 0 fully saturated rings. The van der Waals surface area contributed by atoms with E-state index in [4.69, 9.17) is 14.2 Å². The summed E-state index contributed by atoms with van der Waals surface area (Å²) in [5.41, 5.74) is 3.01. The van der Waals surface area contributed by atoms with Crippen molar-refractivity contribution in [3.8, 4) is 23.0 Å². The van der Waals surface area contributed by atoms with Crippen LogP contribution in [0, 0.1) is 0 Å². The summed E-state index contributed by atoms with van der Waals surface area (Å²) in [6.45, 7) is 0.0979. The highest BCUT2D eigenvalue weighted by atomic mass is 79.9. The third kappa shape index (κ3) is 3.78. The quantitative estimate of drug-likeness (QED) is 0.512. The number of methoxy groups -OCH3 is 1. The van der Waals surface area contributed by atoms with E-state index in [0.29, 0.717) is 26.0 Å². The molecule has 0 unspecified atom stereocenters. The molecular weight excluding hydrogens is 472 g/mol. The lowest BCUT2D eigenvalue weighted by Gasteiger charge is -2.24. The van der Waals surface area contributed by atoms with Crippen molar-refractivity contribution in [3.63, 3.8) is 0 Å². The second-order valence-electron chi connectivity index (χ2n) is 5.24. The largest absolute Gasteiger partial charge is 0.503 e. The lowest BCUT2D eigenvalue weighted by atomic mass is 10.2. The van der Waals surface area contributed by atoms with E-state index in [0.717, 1.165) is 0 Å². The Kier molecular flexibility index (Phi) is 5.67. The van der Waals surface area contributed by atoms with E-state index in [2.05, 4.69) is 42.4 Å². The molecule has 1 amide bonds. The van der Waals surface area contributed by atoms with Gasteiger partial charge in [0.05, 0.1) is 17.8 Å². The number of halogens is 2. The summed E-state index contributed by atoms with van der Waals surface area (Å²) in [6, 6.07) is 8.71. The van der Waals surface area contributed by atoms with Crippen LogP contribution in [-0.2, 0) is 4.79 Å². The molecule has 0 bridgehead atoms. The third-order valence-electron chi connectivity index (χ3n) is 3.57. The maximum absolute atomic E-state index is 12.2. The maximum Gasteiger partial charge on any atom is 0.284 e. The molecule has 2 aromatic carbocycles. The molecule has 0 aliphatic carbocycles. The number of amides is 1. The van der Waals surface area contributed by atoms with Gasteiger partial charge in [0.2, 0.25) is 6.10 Å². The SMILES string of the molecule is COc1cc(/C=N/NC(=O)[C@@H]2COc3ccccc3O2)c(Br)c(Br)c1O. The highest BCUT2D eigenvalue weighted by molar-refractivity contribution is 9.13. The van der Waals surface area contributed by atoms with Crippen molar-refractivity contribution in [1.82, 2.24) is 5.43 Å². The molecule has 1 heterocycles. The molecule has 1 aliphatic rings. The average molecular weight is 486 g/mol. The number of hydrogen-bond acceptors (Lipinski definition) is 6. The van der Waals surface area contributed by atoms with Crippen molar-refractivity contribution in [2.45, 2.75) is 6.10 Å². The molecule has 0 radical (unpaired) electrons. The van der Waals surface area contributed by atoms with Gasteiger partial charge in [0.1, 0.15) is 6.61 Å². The smallest absolute Gasteiger partial charge is 0.284 e. The van der Waals surface area contributed by atoms with Gasteiger partial charge in [0.25, 0.3) is 5.91 Å². The van der Waals surface area contributed by atoms with Crippen LogP contribution in [0.3, 0.4) is 0 Å². The van der Waals surface area contributed by atoms with Gasteiger partial charge < -0.3 is 19.3 Å². The number of carbonyl (C=O) groups excluding carboxylic acids is 1. The number of nitrogens with one attached hydrogen (secondary N) is 1. The zero-order chi connectivity index (χ0) is 18.7. The van der Waals surface area contributed by atoms with E-state index in [9.17, 15) is 9.90 Å². The Morgan fingerprint density at radius 2 is 2.08 bits per heavy atom. The molecule has 2 N–H and O–H groups in total. The Morgan fingerprint density at radius 1 is 1.35 bits per heavy atom. The molecule has 7 nitrogen and oxygen atoms in total. The number of benzene rings is 2. The highest BCUT2D eigenvalue weighted by Crippen LogP contribution is 2.41. The minimum atomic E-state index is -0.799. The molecule has 2 aromatic rings. The fraction of sp³-hybridized carbons (Fsp3) is 0.176. The minimum Gasteiger partial charge on any atom is -0.503 e. The van der Waals surface area contributed by atoms with E-state index in [1.807, 2.05) is 6.07 Å². The van der Waals surface area contributed by atoms with E-state index in [1.54, 1.807) is 24.3 Å². The number of hydrazone groups is 1. The molecule has 1 aliphatic heterocycles. The Labute approximate surface area is 166 Å². The molecule has 0 saturated heterocycles. The van der Waals surface area contributed by atoms with Gasteiger partial charge in [-0.3, -0.25) is 4.79 Å². The fourth-order valence-corrected chi connectivity index (χ4v) is 3.08. The molecule has 9 heteroatoms. The molecule has 136 valence electrons. The Bertz CT molecular complexity index is 872. The molecule has 0 saturated carbocycles. The van der Waals surface area contributed by atoms with Crippen LogP contribution in [0.4, 0.5) is 0 Å². The molecule has 0 spiro atoms. The predicted molar refractivity (Wildman–Crippen MR) is 102 cm³/mol. The van der Waals surface area contributed by atoms with Crippen LogP contribution < -0.4 is 19.6 Å². The van der Waals surface area contributed by atoms with E-state index in [-0.39, 0.29) is 18.1 Å². The molecule has 3 rings (SSSR count). The van der Waals surface area contributed by atoms with Gasteiger partial charge >= 0.3 is 0 Å². The van der Waals surface area contributed by atoms with Crippen molar-refractivity contribution in [3.05, 3.63) is 44.8 Å². The zero-order valence-corrected chi connectivity index (χ0v) is 16.7. The second-order valence-corrected chi connectivity index (χ2v) is 6.83. The summed E-state index contributed by atoms with van der Waals surface area (Å²) in [6.07, 6.45) is 0.623. The first-order valence-electron chi connectivity index (χ1n) is 7.47. The van der Waals surface area contributed by atoms with Gasteiger partial charge in [-0.1, -0.05) is 12.1 Å². The molecule has 0 aromatic heterocycles. The van der Waals surface area contributed by atoms with Crippen LogP contribution in [0.5, 0.6) is 23.0 Å². The van der Waals surface area contributed by atoms with Crippen LogP contribution in [0.2, 0.25) is 0 Å². The van der Waals surface area contributed by atoms with Gasteiger partial charge in [-0.05, 0) is 50.1 Å². The van der Waals surface area contributed by atoms with Gasteiger partial charge in [0.15, 0.2) is 23.0 Å². The lowest BCUT2D eigenvalue weighted by Crippen LogP contribution is -2.42. The van der Waals surface area contributed by atoms with Crippen molar-refractivity contribution in [2.75, 3.05) is 13.7 Å². The minimum absolute atomic E-state index is 0.0352. The van der Waals surface area contributed by atoms with Crippen molar-refractivity contribution < 1.29 is 24.1 Å². The number of aromatic hydroxyl groups is 1. The van der Waals surface area contributed by atoms with Gasteiger partial charge in [-0.15, -0.1) is 0 Å². The van der Waals surface area contributed by atoms with Gasteiger partial charge in [-0.25, -0.2) is 5.43 Å². The topological polar surface area (TPSA) is 89.4 Å². The summed E-state index contributed by atoms with van der Waals surface area (Å²) in [7, 11) is 1.44. The lowest BCUT2D eigenvalue weighted by molar-refractivity contribution is -0.130. The van der Waals surface area contributed by atoms with E-state index >= 15 is 0 Å². The number of fused-ring (bicyclic) bond motifs is 1. The Hall–Kier alpha value is -2.26. The van der Waals surface area contributed by atoms with E-state index < -0.39 is 12.0 Å². The first-order chi connectivity index (χ1) is 12.5. The number of phenols is 1. The average Bonchev–Trinajstić information content (AvgIpc) is 2.67. The molecular formula is C17H14Br2N2O5. The monoisotopic (exact) mass is 484 g/mol. The van der Waals surface area contributed by atoms with Crippen LogP contribution >= 0.6 is 31.9 Å². The van der Waals surface area contributed by atoms with Gasteiger partial charge in [0, 0.05) is 10.0 Å². The number of ether oxygens (including phenoxy) is 3. The number of carbonyl (C=O) groups is 1. The second kappa shape index (κ2) is 7.96. The van der Waals surface area contributed by atoms with Crippen molar-refractivity contribution in [2.24, 2.45) is 5.10 Å². The predicted octanol–water partition coefficient (Wildman–Crippen LogP) is 3.22. The van der Waals surface area contributed by atoms with Crippen molar-refractivity contribution in [1.29, 1.82) is 0 Å². The van der Waals surface area contributed by atoms with Crippen LogP contribution in [-0.4, -0.2) is 37.0 Å². The number of hydrogen-bond donors (Lipinski definition) is 2. The number of nitrogens with zero attached hydrogens (tertiary/aromatic N) is 1. The zero-order valence-electron chi connectivity index (χ0n) is 13.5. The van der Waals surface area contributed by atoms with Crippen molar-refractivity contribution >= 4 is 44.0 Å². The normalized spacial score (nSPS) is 15.7. The molecule has 1 atom stereocenters.